The van der Waals surface area contributed by atoms with Gasteiger partial charge in [0.15, 0.2) is 0 Å². The summed E-state index contributed by atoms with van der Waals surface area (Å²) in [6, 6.07) is 2.08. The summed E-state index contributed by atoms with van der Waals surface area (Å²) in [6.07, 6.45) is 1.15. The van der Waals surface area contributed by atoms with Crippen LogP contribution in [-0.4, -0.2) is 19.8 Å². The number of ether oxygens (including phenoxy) is 1. The summed E-state index contributed by atoms with van der Waals surface area (Å²) in [7, 11) is 0. The molecule has 0 saturated heterocycles. The van der Waals surface area contributed by atoms with E-state index in [9.17, 15) is 0 Å². The van der Waals surface area contributed by atoms with E-state index in [1.54, 1.807) is 11.3 Å². The molecule has 0 amide bonds. The van der Waals surface area contributed by atoms with Crippen molar-refractivity contribution in [3.63, 3.8) is 0 Å². The molecular weight excluding hydrogens is 194 g/mol. The molecule has 0 saturated carbocycles. The highest BCUT2D eigenvalue weighted by atomic mass is 32.1. The Morgan fingerprint density at radius 1 is 1.43 bits per heavy atom. The number of nitrogens with one attached hydrogen (secondary N) is 1. The maximum absolute atomic E-state index is 5.48. The second-order valence-electron chi connectivity index (χ2n) is 3.73. The molecule has 0 bridgehead atoms. The van der Waals surface area contributed by atoms with E-state index < -0.39 is 0 Å². The summed E-state index contributed by atoms with van der Waals surface area (Å²) in [5.74, 6) is 0.736. The van der Waals surface area contributed by atoms with Crippen LogP contribution in [0, 0.1) is 5.92 Å². The third-order valence-electron chi connectivity index (χ3n) is 1.94. The van der Waals surface area contributed by atoms with E-state index in [2.05, 4.69) is 36.0 Å². The maximum atomic E-state index is 5.48. The van der Waals surface area contributed by atoms with Gasteiger partial charge < -0.3 is 10.1 Å². The van der Waals surface area contributed by atoms with Gasteiger partial charge >= 0.3 is 0 Å². The fourth-order valence-electron chi connectivity index (χ4n) is 1.05. The van der Waals surface area contributed by atoms with Crippen molar-refractivity contribution >= 4 is 17.0 Å². The quantitative estimate of drug-likeness (QED) is 0.702. The van der Waals surface area contributed by atoms with Crippen molar-refractivity contribution in [2.45, 2.75) is 20.3 Å². The highest BCUT2D eigenvalue weighted by Crippen LogP contribution is 2.10. The van der Waals surface area contributed by atoms with Gasteiger partial charge in [0.25, 0.3) is 0 Å². The smallest absolute Gasteiger partial charge is 0.0639 e. The van der Waals surface area contributed by atoms with Crippen LogP contribution in [0.15, 0.2) is 16.8 Å². The van der Waals surface area contributed by atoms with Crippen molar-refractivity contribution in [1.82, 2.24) is 0 Å². The number of anilines is 1. The van der Waals surface area contributed by atoms with Gasteiger partial charge in [-0.05, 0) is 23.8 Å². The first-order valence-electron chi connectivity index (χ1n) is 5.13. The molecule has 1 rings (SSSR count). The van der Waals surface area contributed by atoms with E-state index >= 15 is 0 Å². The Morgan fingerprint density at radius 3 is 2.93 bits per heavy atom. The van der Waals surface area contributed by atoms with E-state index in [1.165, 1.54) is 5.69 Å². The molecule has 0 aliphatic heterocycles. The van der Waals surface area contributed by atoms with Crippen LogP contribution in [0.2, 0.25) is 0 Å². The summed E-state index contributed by atoms with van der Waals surface area (Å²) in [6.45, 7) is 7.00. The maximum Gasteiger partial charge on any atom is 0.0639 e. The Balaban J connectivity index is 1.90. The summed E-state index contributed by atoms with van der Waals surface area (Å²) in [4.78, 5) is 0. The van der Waals surface area contributed by atoms with Gasteiger partial charge in [-0.25, -0.2) is 0 Å². The zero-order chi connectivity index (χ0) is 10.2. The monoisotopic (exact) mass is 213 g/mol. The first-order valence-corrected chi connectivity index (χ1v) is 6.07. The van der Waals surface area contributed by atoms with Crippen LogP contribution in [0.4, 0.5) is 5.69 Å². The summed E-state index contributed by atoms with van der Waals surface area (Å²) in [5.41, 5.74) is 1.20. The van der Waals surface area contributed by atoms with Gasteiger partial charge in [-0.1, -0.05) is 13.8 Å². The topological polar surface area (TPSA) is 21.3 Å². The molecule has 0 spiro atoms. The Bertz CT molecular complexity index is 221. The molecule has 1 heterocycles. The molecule has 2 nitrogen and oxygen atoms in total. The van der Waals surface area contributed by atoms with E-state index in [1.807, 2.05) is 0 Å². The van der Waals surface area contributed by atoms with Crippen LogP contribution in [0.1, 0.15) is 20.3 Å². The Kier molecular flexibility index (Phi) is 5.64. The van der Waals surface area contributed by atoms with Gasteiger partial charge in [-0.3, -0.25) is 0 Å². The summed E-state index contributed by atoms with van der Waals surface area (Å²) in [5, 5.41) is 7.47. The van der Waals surface area contributed by atoms with Crippen LogP contribution in [-0.2, 0) is 4.74 Å². The fourth-order valence-corrected chi connectivity index (χ4v) is 1.67. The fraction of sp³-hybridized carbons (Fsp3) is 0.636. The molecule has 14 heavy (non-hydrogen) atoms. The molecule has 1 aromatic heterocycles. The molecule has 1 aromatic rings. The van der Waals surface area contributed by atoms with Gasteiger partial charge in [0.2, 0.25) is 0 Å². The molecule has 1 N–H and O–H groups in total. The lowest BCUT2D eigenvalue weighted by Crippen LogP contribution is -2.10. The molecule has 80 valence electrons. The molecule has 0 atom stereocenters. The second-order valence-corrected chi connectivity index (χ2v) is 4.51. The minimum Gasteiger partial charge on any atom is -0.382 e. The third-order valence-corrected chi connectivity index (χ3v) is 2.62. The molecule has 0 aromatic carbocycles. The Labute approximate surface area is 90.3 Å². The minimum atomic E-state index is 0.736. The summed E-state index contributed by atoms with van der Waals surface area (Å²) >= 11 is 1.71. The first-order chi connectivity index (χ1) is 6.79. The Morgan fingerprint density at radius 2 is 2.29 bits per heavy atom. The van der Waals surface area contributed by atoms with Crippen LogP contribution in [0.3, 0.4) is 0 Å². The van der Waals surface area contributed by atoms with E-state index in [4.69, 9.17) is 4.74 Å². The van der Waals surface area contributed by atoms with E-state index in [0.717, 1.165) is 32.1 Å². The standard InChI is InChI=1S/C11H19NOS/c1-10(2)3-6-13-7-5-12-11-4-8-14-9-11/h4,8-10,12H,3,5-7H2,1-2H3. The molecule has 0 aliphatic carbocycles. The van der Waals surface area contributed by atoms with E-state index in [-0.39, 0.29) is 0 Å². The van der Waals surface area contributed by atoms with Crippen molar-refractivity contribution in [2.24, 2.45) is 5.92 Å². The van der Waals surface area contributed by atoms with Crippen LogP contribution >= 0.6 is 11.3 Å². The average Bonchev–Trinajstić information content (AvgIpc) is 2.63. The number of rotatable bonds is 7. The SMILES string of the molecule is CC(C)CCOCCNc1ccsc1. The molecule has 3 heteroatoms. The van der Waals surface area contributed by atoms with Crippen LogP contribution in [0.5, 0.6) is 0 Å². The predicted molar refractivity (Wildman–Crippen MR) is 63.1 cm³/mol. The Hall–Kier alpha value is -0.540. The van der Waals surface area contributed by atoms with Crippen molar-refractivity contribution < 1.29 is 4.74 Å². The van der Waals surface area contributed by atoms with E-state index in [0.29, 0.717) is 0 Å². The van der Waals surface area contributed by atoms with Crippen LogP contribution in [0.25, 0.3) is 0 Å². The van der Waals surface area contributed by atoms with Crippen molar-refractivity contribution in [3.8, 4) is 0 Å². The number of hydrogen-bond acceptors (Lipinski definition) is 3. The van der Waals surface area contributed by atoms with Gasteiger partial charge in [-0.15, -0.1) is 0 Å². The lowest BCUT2D eigenvalue weighted by atomic mass is 10.1. The van der Waals surface area contributed by atoms with Crippen molar-refractivity contribution in [1.29, 1.82) is 0 Å². The second kappa shape index (κ2) is 6.85. The highest BCUT2D eigenvalue weighted by molar-refractivity contribution is 7.08. The third kappa shape index (κ3) is 5.25. The van der Waals surface area contributed by atoms with Gasteiger partial charge in [0.1, 0.15) is 0 Å². The first kappa shape index (κ1) is 11.5. The van der Waals surface area contributed by atoms with Crippen molar-refractivity contribution in [2.75, 3.05) is 25.1 Å². The minimum absolute atomic E-state index is 0.736. The number of thiophene rings is 1. The van der Waals surface area contributed by atoms with Crippen LogP contribution < -0.4 is 5.32 Å². The zero-order valence-corrected chi connectivity index (χ0v) is 9.77. The largest absolute Gasteiger partial charge is 0.382 e. The molecule has 0 fully saturated rings. The van der Waals surface area contributed by atoms with Gasteiger partial charge in [-0.2, -0.15) is 11.3 Å². The molecule has 0 aliphatic rings. The normalized spacial score (nSPS) is 10.8. The lowest BCUT2D eigenvalue weighted by molar-refractivity contribution is 0.132. The molecule has 0 radical (unpaired) electrons. The molecule has 0 unspecified atom stereocenters. The van der Waals surface area contributed by atoms with Crippen molar-refractivity contribution in [3.05, 3.63) is 16.8 Å². The number of hydrogen-bond donors (Lipinski definition) is 1. The highest BCUT2D eigenvalue weighted by Gasteiger charge is 1.94. The molecular formula is C11H19NOS. The van der Waals surface area contributed by atoms with Gasteiger partial charge in [0, 0.05) is 24.2 Å². The van der Waals surface area contributed by atoms with Gasteiger partial charge in [0.05, 0.1) is 6.61 Å². The predicted octanol–water partition coefficient (Wildman–Crippen LogP) is 3.22. The summed E-state index contributed by atoms with van der Waals surface area (Å²) < 4.78 is 5.48. The zero-order valence-electron chi connectivity index (χ0n) is 8.95. The lowest BCUT2D eigenvalue weighted by Gasteiger charge is -2.07. The average molecular weight is 213 g/mol.